The van der Waals surface area contributed by atoms with Crippen molar-refractivity contribution < 1.29 is 28.9 Å². The zero-order valence-corrected chi connectivity index (χ0v) is 21.8. The first kappa shape index (κ1) is 27.1. The van der Waals surface area contributed by atoms with Crippen molar-refractivity contribution in [1.29, 1.82) is 0 Å². The van der Waals surface area contributed by atoms with E-state index in [1.54, 1.807) is 0 Å². The van der Waals surface area contributed by atoms with Crippen molar-refractivity contribution in [3.8, 4) is 11.5 Å². The minimum absolute atomic E-state index is 0.00676. The summed E-state index contributed by atoms with van der Waals surface area (Å²) in [5.74, 6) is 0.715. The minimum Gasteiger partial charge on any atom is -0.490 e. The summed E-state index contributed by atoms with van der Waals surface area (Å²) in [5.41, 5.74) is 0. The van der Waals surface area contributed by atoms with E-state index in [0.717, 1.165) is 60.9 Å². The smallest absolute Gasteiger partial charge is 0.309 e. The van der Waals surface area contributed by atoms with Gasteiger partial charge < -0.3 is 19.3 Å². The number of para-hydroxylation sites is 1. The lowest BCUT2D eigenvalue weighted by Gasteiger charge is -2.14. The van der Waals surface area contributed by atoms with E-state index in [9.17, 15) is 9.59 Å². The first-order valence-electron chi connectivity index (χ1n) is 12.5. The van der Waals surface area contributed by atoms with Gasteiger partial charge in [0, 0.05) is 4.47 Å². The van der Waals surface area contributed by atoms with Gasteiger partial charge in [0.15, 0.2) is 0 Å². The number of halogens is 1. The largest absolute Gasteiger partial charge is 0.490 e. The van der Waals surface area contributed by atoms with Crippen LogP contribution in [0.4, 0.5) is 0 Å². The van der Waals surface area contributed by atoms with E-state index < -0.39 is 5.97 Å². The fourth-order valence-corrected chi connectivity index (χ4v) is 4.63. The third kappa shape index (κ3) is 9.21. The number of carbonyl (C=O) groups is 2. The Morgan fingerprint density at radius 3 is 2.00 bits per heavy atom. The molecule has 0 aromatic heterocycles. The molecule has 2 aromatic carbocycles. The molecule has 0 saturated heterocycles. The molecule has 2 aliphatic carbocycles. The second-order valence-corrected chi connectivity index (χ2v) is 10.0. The molecule has 0 aliphatic heterocycles. The molecule has 2 aromatic rings. The van der Waals surface area contributed by atoms with Crippen LogP contribution < -0.4 is 9.47 Å². The van der Waals surface area contributed by atoms with Crippen molar-refractivity contribution in [3.05, 3.63) is 59.1 Å². The molecule has 2 saturated carbocycles. The fourth-order valence-electron chi connectivity index (χ4n) is 4.36. The highest BCUT2D eigenvalue weighted by molar-refractivity contribution is 9.10. The maximum atomic E-state index is 11.9. The summed E-state index contributed by atoms with van der Waals surface area (Å²) in [4.78, 5) is 22.6. The van der Waals surface area contributed by atoms with E-state index >= 15 is 0 Å². The summed E-state index contributed by atoms with van der Waals surface area (Å²) in [6.07, 6.45) is 6.93. The Morgan fingerprint density at radius 1 is 0.857 bits per heavy atom. The van der Waals surface area contributed by atoms with Crippen LogP contribution in [0.5, 0.6) is 11.5 Å². The average molecular weight is 547 g/mol. The van der Waals surface area contributed by atoms with Crippen molar-refractivity contribution in [2.75, 3.05) is 6.61 Å². The normalized spacial score (nSPS) is 23.1. The molecule has 190 valence electrons. The van der Waals surface area contributed by atoms with Gasteiger partial charge in [0.2, 0.25) is 0 Å². The van der Waals surface area contributed by atoms with Crippen LogP contribution in [0.25, 0.3) is 0 Å². The maximum absolute atomic E-state index is 11.9. The standard InChI is InChI=1S/C16H21BrO3.C12H14O3/c1-2-3-10-19-16(18)12-4-7-15(11-12)20-14-8-5-13(17)6-9-14;13-12(14)9-6-7-11(8-9)15-10-4-2-1-3-5-10/h5-6,8-9,12,15H,2-4,7,10-11H2,1H3;1-5,9,11H,6-8H2,(H,13,14)/t12-,15-;9-,11-/m11/s1. The van der Waals surface area contributed by atoms with Crippen LogP contribution in [0.1, 0.15) is 58.3 Å². The average Bonchev–Trinajstić information content (AvgIpc) is 3.52. The fraction of sp³-hybridized carbons (Fsp3) is 0.500. The van der Waals surface area contributed by atoms with Crippen LogP contribution in [0.3, 0.4) is 0 Å². The molecule has 0 amide bonds. The summed E-state index contributed by atoms with van der Waals surface area (Å²) in [5, 5.41) is 8.84. The van der Waals surface area contributed by atoms with Gasteiger partial charge in [-0.3, -0.25) is 9.59 Å². The summed E-state index contributed by atoms with van der Waals surface area (Å²) in [7, 11) is 0. The number of carbonyl (C=O) groups excluding carboxylic acids is 1. The minimum atomic E-state index is -0.700. The molecule has 4 atom stereocenters. The van der Waals surface area contributed by atoms with Crippen LogP contribution in [0, 0.1) is 11.8 Å². The van der Waals surface area contributed by atoms with Gasteiger partial charge in [-0.2, -0.15) is 0 Å². The summed E-state index contributed by atoms with van der Waals surface area (Å²) < 4.78 is 17.9. The monoisotopic (exact) mass is 546 g/mol. The van der Waals surface area contributed by atoms with E-state index in [1.807, 2.05) is 54.6 Å². The second-order valence-electron chi connectivity index (χ2n) is 9.13. The molecule has 1 N–H and O–H groups in total. The van der Waals surface area contributed by atoms with Crippen molar-refractivity contribution in [2.24, 2.45) is 11.8 Å². The summed E-state index contributed by atoms with van der Waals surface area (Å²) in [6.45, 7) is 2.63. The first-order chi connectivity index (χ1) is 16.9. The van der Waals surface area contributed by atoms with Crippen LogP contribution in [0.15, 0.2) is 59.1 Å². The predicted octanol–water partition coefficient (Wildman–Crippen LogP) is 6.66. The Hall–Kier alpha value is -2.54. The molecule has 4 rings (SSSR count). The van der Waals surface area contributed by atoms with E-state index in [0.29, 0.717) is 13.0 Å². The van der Waals surface area contributed by atoms with Crippen molar-refractivity contribution in [3.63, 3.8) is 0 Å². The van der Waals surface area contributed by atoms with Crippen molar-refractivity contribution >= 4 is 27.9 Å². The highest BCUT2D eigenvalue weighted by Crippen LogP contribution is 2.31. The number of carboxylic acid groups (broad SMARTS) is 1. The van der Waals surface area contributed by atoms with Crippen LogP contribution in [0.2, 0.25) is 0 Å². The molecule has 35 heavy (non-hydrogen) atoms. The molecular formula is C28H35BrO6. The van der Waals surface area contributed by atoms with Crippen LogP contribution in [-0.4, -0.2) is 35.9 Å². The number of rotatable bonds is 9. The zero-order valence-electron chi connectivity index (χ0n) is 20.2. The number of hydrogen-bond acceptors (Lipinski definition) is 5. The zero-order chi connectivity index (χ0) is 25.0. The Balaban J connectivity index is 0.000000203. The number of hydrogen-bond donors (Lipinski definition) is 1. The maximum Gasteiger partial charge on any atom is 0.309 e. The third-order valence-electron chi connectivity index (χ3n) is 6.36. The second kappa shape index (κ2) is 14.1. The van der Waals surface area contributed by atoms with Crippen LogP contribution in [-0.2, 0) is 14.3 Å². The molecular weight excluding hydrogens is 512 g/mol. The summed E-state index contributed by atoms with van der Waals surface area (Å²) >= 11 is 3.40. The quantitative estimate of drug-likeness (QED) is 0.279. The van der Waals surface area contributed by atoms with Crippen molar-refractivity contribution in [2.45, 2.75) is 70.5 Å². The number of ether oxygens (including phenoxy) is 3. The van der Waals surface area contributed by atoms with Gasteiger partial charge in [-0.25, -0.2) is 0 Å². The summed E-state index contributed by atoms with van der Waals surface area (Å²) in [6, 6.07) is 17.4. The Bertz CT molecular complexity index is 917. The lowest BCUT2D eigenvalue weighted by molar-refractivity contribution is -0.148. The van der Waals surface area contributed by atoms with Crippen molar-refractivity contribution in [1.82, 2.24) is 0 Å². The SMILES string of the molecule is CCCCOC(=O)[C@@H]1CC[C@@H](Oc2ccc(Br)cc2)C1.O=C(O)[C@@H]1CC[C@@H](Oc2ccccc2)C1. The van der Waals surface area contributed by atoms with Gasteiger partial charge >= 0.3 is 11.9 Å². The van der Waals surface area contributed by atoms with E-state index in [1.165, 1.54) is 0 Å². The molecule has 7 heteroatoms. The third-order valence-corrected chi connectivity index (χ3v) is 6.88. The molecule has 2 fully saturated rings. The number of unbranched alkanes of at least 4 members (excludes halogenated alkanes) is 1. The van der Waals surface area contributed by atoms with Gasteiger partial charge in [0.1, 0.15) is 11.5 Å². The molecule has 2 aliphatic rings. The molecule has 6 nitrogen and oxygen atoms in total. The molecule has 0 heterocycles. The predicted molar refractivity (Wildman–Crippen MR) is 138 cm³/mol. The Morgan fingerprint density at radius 2 is 1.43 bits per heavy atom. The molecule has 0 spiro atoms. The van der Waals surface area contributed by atoms with Gasteiger partial charge in [-0.05, 0) is 81.3 Å². The number of carboxylic acids is 1. The molecule has 0 unspecified atom stereocenters. The van der Waals surface area contributed by atoms with E-state index in [2.05, 4.69) is 22.9 Å². The first-order valence-corrected chi connectivity index (χ1v) is 13.3. The number of esters is 1. The van der Waals surface area contributed by atoms with Gasteiger partial charge in [-0.1, -0.05) is 47.5 Å². The lowest BCUT2D eigenvalue weighted by atomic mass is 10.1. The number of benzene rings is 2. The number of aliphatic carboxylic acids is 1. The van der Waals surface area contributed by atoms with Gasteiger partial charge in [0.25, 0.3) is 0 Å². The highest BCUT2D eigenvalue weighted by Gasteiger charge is 2.32. The van der Waals surface area contributed by atoms with Gasteiger partial charge in [-0.15, -0.1) is 0 Å². The van der Waals surface area contributed by atoms with E-state index in [4.69, 9.17) is 19.3 Å². The highest BCUT2D eigenvalue weighted by atomic mass is 79.9. The Labute approximate surface area is 216 Å². The topological polar surface area (TPSA) is 82.1 Å². The Kier molecular flexibility index (Phi) is 10.9. The van der Waals surface area contributed by atoms with Gasteiger partial charge in [0.05, 0.1) is 30.7 Å². The molecule has 0 radical (unpaired) electrons. The van der Waals surface area contributed by atoms with E-state index in [-0.39, 0.29) is 30.0 Å². The van der Waals surface area contributed by atoms with Crippen LogP contribution >= 0.6 is 15.9 Å². The lowest BCUT2D eigenvalue weighted by Crippen LogP contribution is -2.18. The molecule has 0 bridgehead atoms.